The Labute approximate surface area is 130 Å². The first-order valence-electron chi connectivity index (χ1n) is 6.28. The van der Waals surface area contributed by atoms with Gasteiger partial charge in [-0.3, -0.25) is 4.79 Å². The van der Waals surface area contributed by atoms with Gasteiger partial charge in [-0.25, -0.2) is 13.1 Å². The third kappa shape index (κ3) is 5.18. The largest absolute Gasteiger partial charge is 0.482 e. The number of likely N-dealkylation sites (N-methyl/N-ethyl adjacent to an activating group) is 1. The zero-order valence-electron chi connectivity index (χ0n) is 12.4. The number of sulfonamides is 1. The van der Waals surface area contributed by atoms with E-state index < -0.39 is 10.0 Å². The topological polar surface area (TPSA) is 75.7 Å². The summed E-state index contributed by atoms with van der Waals surface area (Å²) in [7, 11) is -0.385. The minimum atomic E-state index is -3.61. The van der Waals surface area contributed by atoms with E-state index in [9.17, 15) is 13.2 Å². The monoisotopic (exact) mass is 334 g/mol. The van der Waals surface area contributed by atoms with Gasteiger partial charge in [-0.05, 0) is 32.0 Å². The molecule has 0 fully saturated rings. The van der Waals surface area contributed by atoms with Gasteiger partial charge in [0, 0.05) is 20.1 Å². The van der Waals surface area contributed by atoms with Gasteiger partial charge in [-0.1, -0.05) is 11.6 Å². The molecule has 6 nitrogen and oxygen atoms in total. The van der Waals surface area contributed by atoms with Gasteiger partial charge in [-0.15, -0.1) is 0 Å². The lowest BCUT2D eigenvalue weighted by molar-refractivity contribution is -0.130. The number of hydrogen-bond acceptors (Lipinski definition) is 4. The van der Waals surface area contributed by atoms with Gasteiger partial charge in [0.05, 0.1) is 9.92 Å². The molecule has 0 unspecified atom stereocenters. The molecule has 1 N–H and O–H groups in total. The standard InChI is InChI=1S/C13H19ClN2O4S/c1-9(2)15-21(18,19)10-5-6-12(11(14)7-10)20-8-13(17)16(3)4/h5-7,9,15H,8H2,1-4H3. The highest BCUT2D eigenvalue weighted by molar-refractivity contribution is 7.89. The zero-order valence-corrected chi connectivity index (χ0v) is 14.0. The lowest BCUT2D eigenvalue weighted by Gasteiger charge is -2.13. The molecule has 1 aromatic rings. The maximum Gasteiger partial charge on any atom is 0.259 e. The number of benzene rings is 1. The molecule has 1 rings (SSSR count). The Bertz CT molecular complexity index is 615. The molecule has 0 bridgehead atoms. The minimum Gasteiger partial charge on any atom is -0.482 e. The van der Waals surface area contributed by atoms with Crippen molar-refractivity contribution < 1.29 is 17.9 Å². The number of amides is 1. The molecule has 0 atom stereocenters. The molecule has 1 aromatic carbocycles. The van der Waals surface area contributed by atoms with Crippen molar-refractivity contribution in [3.63, 3.8) is 0 Å². The Morgan fingerprint density at radius 1 is 1.38 bits per heavy atom. The fraction of sp³-hybridized carbons (Fsp3) is 0.462. The number of nitrogens with zero attached hydrogens (tertiary/aromatic N) is 1. The number of hydrogen-bond donors (Lipinski definition) is 1. The Kier molecular flexibility index (Phi) is 6.00. The minimum absolute atomic E-state index is 0.0486. The highest BCUT2D eigenvalue weighted by atomic mass is 35.5. The van der Waals surface area contributed by atoms with Crippen LogP contribution in [0.5, 0.6) is 5.75 Å². The predicted molar refractivity (Wildman–Crippen MR) is 81.1 cm³/mol. The molecule has 0 heterocycles. The smallest absolute Gasteiger partial charge is 0.259 e. The van der Waals surface area contributed by atoms with Crippen LogP contribution >= 0.6 is 11.6 Å². The van der Waals surface area contributed by atoms with Crippen molar-refractivity contribution in [2.45, 2.75) is 24.8 Å². The van der Waals surface area contributed by atoms with E-state index in [4.69, 9.17) is 16.3 Å². The second-order valence-corrected chi connectivity index (χ2v) is 7.07. The van der Waals surface area contributed by atoms with Crippen LogP contribution in [0.4, 0.5) is 0 Å². The molecule has 0 aliphatic heterocycles. The molecular formula is C13H19ClN2O4S. The summed E-state index contributed by atoms with van der Waals surface area (Å²) in [4.78, 5) is 12.9. The predicted octanol–water partition coefficient (Wildman–Crippen LogP) is 1.49. The van der Waals surface area contributed by atoms with Crippen LogP contribution in [0.15, 0.2) is 23.1 Å². The summed E-state index contributed by atoms with van der Waals surface area (Å²) in [6.07, 6.45) is 0. The first kappa shape index (κ1) is 17.7. The molecule has 118 valence electrons. The maximum absolute atomic E-state index is 12.0. The first-order valence-corrected chi connectivity index (χ1v) is 8.14. The molecule has 0 aromatic heterocycles. The van der Waals surface area contributed by atoms with Crippen molar-refractivity contribution >= 4 is 27.5 Å². The number of halogens is 1. The number of carbonyl (C=O) groups excluding carboxylic acids is 1. The zero-order chi connectivity index (χ0) is 16.2. The van der Waals surface area contributed by atoms with E-state index in [1.807, 2.05) is 0 Å². The molecule has 0 saturated carbocycles. The summed E-state index contributed by atoms with van der Waals surface area (Å²) < 4.78 is 31.7. The van der Waals surface area contributed by atoms with Crippen LogP contribution in [0.25, 0.3) is 0 Å². The van der Waals surface area contributed by atoms with E-state index in [0.29, 0.717) is 0 Å². The molecule has 0 aliphatic rings. The number of rotatable bonds is 6. The van der Waals surface area contributed by atoms with E-state index >= 15 is 0 Å². The van der Waals surface area contributed by atoms with Crippen LogP contribution in [0, 0.1) is 0 Å². The van der Waals surface area contributed by atoms with E-state index in [2.05, 4.69) is 4.72 Å². The van der Waals surface area contributed by atoms with Crippen LogP contribution in [-0.2, 0) is 14.8 Å². The summed E-state index contributed by atoms with van der Waals surface area (Å²) in [5.74, 6) is 0.0413. The van der Waals surface area contributed by atoms with Crippen LogP contribution in [-0.4, -0.2) is 46.0 Å². The van der Waals surface area contributed by atoms with Crippen LogP contribution < -0.4 is 9.46 Å². The van der Waals surface area contributed by atoms with Gasteiger partial charge in [0.2, 0.25) is 10.0 Å². The van der Waals surface area contributed by atoms with Gasteiger partial charge in [0.25, 0.3) is 5.91 Å². The molecule has 8 heteroatoms. The first-order chi connectivity index (χ1) is 9.63. The highest BCUT2D eigenvalue weighted by Crippen LogP contribution is 2.27. The Balaban J connectivity index is 2.88. The lowest BCUT2D eigenvalue weighted by atomic mass is 10.3. The quantitative estimate of drug-likeness (QED) is 0.855. The van der Waals surface area contributed by atoms with Crippen LogP contribution in [0.2, 0.25) is 5.02 Å². The number of carbonyl (C=O) groups is 1. The Morgan fingerprint density at radius 3 is 2.48 bits per heavy atom. The fourth-order valence-corrected chi connectivity index (χ4v) is 2.99. The van der Waals surface area contributed by atoms with Crippen LogP contribution in [0.3, 0.4) is 0 Å². The Hall–Kier alpha value is -1.31. The van der Waals surface area contributed by atoms with E-state index in [1.165, 1.54) is 23.1 Å². The average Bonchev–Trinajstić information content (AvgIpc) is 2.35. The Morgan fingerprint density at radius 2 is 2.00 bits per heavy atom. The molecule has 21 heavy (non-hydrogen) atoms. The second-order valence-electron chi connectivity index (χ2n) is 4.95. The molecular weight excluding hydrogens is 316 g/mol. The summed E-state index contributed by atoms with van der Waals surface area (Å²) in [6, 6.07) is 3.89. The van der Waals surface area contributed by atoms with E-state index in [0.717, 1.165) is 0 Å². The summed E-state index contributed by atoms with van der Waals surface area (Å²) >= 11 is 5.99. The summed E-state index contributed by atoms with van der Waals surface area (Å²) in [6.45, 7) is 3.29. The summed E-state index contributed by atoms with van der Waals surface area (Å²) in [5.41, 5.74) is 0. The van der Waals surface area contributed by atoms with E-state index in [1.54, 1.807) is 27.9 Å². The van der Waals surface area contributed by atoms with Gasteiger partial charge in [0.1, 0.15) is 5.75 Å². The van der Waals surface area contributed by atoms with Crippen LogP contribution in [0.1, 0.15) is 13.8 Å². The molecule has 1 amide bonds. The van der Waals surface area contributed by atoms with Crippen molar-refractivity contribution in [3.05, 3.63) is 23.2 Å². The lowest BCUT2D eigenvalue weighted by Crippen LogP contribution is -2.30. The number of nitrogens with one attached hydrogen (secondary N) is 1. The SMILES string of the molecule is CC(C)NS(=O)(=O)c1ccc(OCC(=O)N(C)C)c(Cl)c1. The van der Waals surface area contributed by atoms with Crippen molar-refractivity contribution in [1.29, 1.82) is 0 Å². The second kappa shape index (κ2) is 7.11. The van der Waals surface area contributed by atoms with Gasteiger partial charge in [-0.2, -0.15) is 0 Å². The number of ether oxygens (including phenoxy) is 1. The molecule has 0 aliphatic carbocycles. The fourth-order valence-electron chi connectivity index (χ4n) is 1.41. The molecule has 0 saturated heterocycles. The summed E-state index contributed by atoms with van der Waals surface area (Å²) in [5, 5.41) is 0.133. The van der Waals surface area contributed by atoms with Crippen molar-refractivity contribution in [2.24, 2.45) is 0 Å². The molecule has 0 spiro atoms. The molecule has 0 radical (unpaired) electrons. The van der Waals surface area contributed by atoms with Gasteiger partial charge in [0.15, 0.2) is 6.61 Å². The van der Waals surface area contributed by atoms with Gasteiger partial charge >= 0.3 is 0 Å². The van der Waals surface area contributed by atoms with Crippen molar-refractivity contribution in [3.8, 4) is 5.75 Å². The average molecular weight is 335 g/mol. The third-order valence-corrected chi connectivity index (χ3v) is 4.41. The third-order valence-electron chi connectivity index (χ3n) is 2.45. The van der Waals surface area contributed by atoms with Gasteiger partial charge < -0.3 is 9.64 Å². The van der Waals surface area contributed by atoms with Crippen molar-refractivity contribution in [2.75, 3.05) is 20.7 Å². The van der Waals surface area contributed by atoms with Crippen molar-refractivity contribution in [1.82, 2.24) is 9.62 Å². The highest BCUT2D eigenvalue weighted by Gasteiger charge is 2.17. The van der Waals surface area contributed by atoms with E-state index in [-0.39, 0.29) is 34.2 Å². The normalized spacial score (nSPS) is 11.5. The maximum atomic E-state index is 12.0.